The molecule has 0 aromatic heterocycles. The van der Waals surface area contributed by atoms with Gasteiger partial charge in [0.2, 0.25) is 0 Å². The molecule has 1 atom stereocenters. The molecular weight excluding hydrogens is 651 g/mol. The number of benzene rings is 3. The van der Waals surface area contributed by atoms with Crippen molar-refractivity contribution in [3.8, 4) is 12.8 Å². The molecule has 278 valence electrons. The van der Waals surface area contributed by atoms with Gasteiger partial charge in [0.15, 0.2) is 0 Å². The van der Waals surface area contributed by atoms with Crippen LogP contribution in [0.2, 0.25) is 0 Å². The van der Waals surface area contributed by atoms with Crippen molar-refractivity contribution in [2.24, 2.45) is 0 Å². The van der Waals surface area contributed by atoms with Gasteiger partial charge in [-0.25, -0.2) is 0 Å². The van der Waals surface area contributed by atoms with Crippen molar-refractivity contribution >= 4 is 22.5 Å². The predicted octanol–water partition coefficient (Wildman–Crippen LogP) is 14.5. The van der Waals surface area contributed by atoms with Crippen LogP contribution in [0, 0.1) is 12.8 Å². The lowest BCUT2D eigenvalue weighted by Crippen LogP contribution is -2.39. The summed E-state index contributed by atoms with van der Waals surface area (Å²) in [5.41, 5.74) is 22.0. The first kappa shape index (κ1) is 40.2. The predicted molar refractivity (Wildman–Crippen MR) is 238 cm³/mol. The average molecular weight is 712 g/mol. The first-order valence-corrected chi connectivity index (χ1v) is 19.9. The number of terminal acetylenes is 1. The minimum atomic E-state index is -0.123. The molecule has 7 rings (SSSR count). The minimum Gasteiger partial charge on any atom is -0.312 e. The number of anilines is 2. The van der Waals surface area contributed by atoms with Gasteiger partial charge in [-0.15, -0.1) is 18.6 Å². The van der Waals surface area contributed by atoms with Crippen molar-refractivity contribution < 1.29 is 0 Å². The second kappa shape index (κ2) is 15.8. The third-order valence-electron chi connectivity index (χ3n) is 11.9. The van der Waals surface area contributed by atoms with Crippen LogP contribution in [0.15, 0.2) is 127 Å². The van der Waals surface area contributed by atoms with Crippen molar-refractivity contribution in [2.75, 3.05) is 4.90 Å². The molecule has 3 heterocycles. The number of hydrogen-bond donors (Lipinski definition) is 0. The van der Waals surface area contributed by atoms with Gasteiger partial charge in [-0.1, -0.05) is 155 Å². The normalized spacial score (nSPS) is 20.2. The van der Waals surface area contributed by atoms with E-state index in [1.807, 2.05) is 26.0 Å². The fourth-order valence-corrected chi connectivity index (χ4v) is 8.92. The quantitative estimate of drug-likeness (QED) is 0.140. The number of nitrogens with zero attached hydrogens (tertiary/aromatic N) is 1. The molecule has 3 aliphatic heterocycles. The molecule has 4 aliphatic rings. The highest BCUT2D eigenvalue weighted by Crippen LogP contribution is 2.64. The Labute approximate surface area is 328 Å². The molecule has 0 radical (unpaired) electrons. The Bertz CT molecular complexity index is 2190. The van der Waals surface area contributed by atoms with Crippen LogP contribution in [0.1, 0.15) is 139 Å². The van der Waals surface area contributed by atoms with E-state index >= 15 is 0 Å². The highest BCUT2D eigenvalue weighted by Gasteiger charge is 2.51. The number of allylic oxidation sites excluding steroid dienone is 12. The second-order valence-electron chi connectivity index (χ2n) is 16.3. The van der Waals surface area contributed by atoms with E-state index in [-0.39, 0.29) is 16.2 Å². The van der Waals surface area contributed by atoms with Gasteiger partial charge < -0.3 is 4.90 Å². The summed E-state index contributed by atoms with van der Waals surface area (Å²) in [6, 6.07) is 18.9. The van der Waals surface area contributed by atoms with Crippen molar-refractivity contribution in [3.63, 3.8) is 0 Å². The number of para-hydroxylation sites is 1. The Morgan fingerprint density at radius 2 is 1.61 bits per heavy atom. The molecule has 0 bridgehead atoms. The zero-order valence-corrected chi connectivity index (χ0v) is 34.8. The van der Waals surface area contributed by atoms with Crippen molar-refractivity contribution in [2.45, 2.75) is 118 Å². The second-order valence-corrected chi connectivity index (χ2v) is 16.3. The van der Waals surface area contributed by atoms with Crippen molar-refractivity contribution in [3.05, 3.63) is 171 Å². The molecule has 1 nitrogen and oxygen atoms in total. The Morgan fingerprint density at radius 3 is 2.30 bits per heavy atom. The maximum Gasteiger partial charge on any atom is 0.0540 e. The monoisotopic (exact) mass is 711 g/mol. The Morgan fingerprint density at radius 1 is 0.907 bits per heavy atom. The van der Waals surface area contributed by atoms with Crippen LogP contribution in [0.3, 0.4) is 0 Å². The fraction of sp³-hybridized carbons (Fsp3) is 0.340. The Balaban J connectivity index is 0.00000136. The van der Waals surface area contributed by atoms with Gasteiger partial charge in [-0.3, -0.25) is 0 Å². The van der Waals surface area contributed by atoms with Gasteiger partial charge in [0.1, 0.15) is 0 Å². The molecule has 0 saturated heterocycles. The van der Waals surface area contributed by atoms with E-state index < -0.39 is 0 Å². The SMILES string of the molecule is C#C.C=C1C=C=C/C=C\CC(C)(C)c2cc(C/C=C\C(=C/C)c3cc4c5c(c3)C(C)(C)c3cccc6c3N5C(=C(/C=C\CC)C6(C)C)C4C)ccc21.CC. The molecule has 0 amide bonds. The molecule has 54 heavy (non-hydrogen) atoms. The highest BCUT2D eigenvalue weighted by molar-refractivity contribution is 5.94. The number of hydrogen-bond acceptors (Lipinski definition) is 1. The van der Waals surface area contributed by atoms with Crippen molar-refractivity contribution in [1.82, 2.24) is 0 Å². The first-order chi connectivity index (χ1) is 25.8. The molecule has 1 heteroatoms. The summed E-state index contributed by atoms with van der Waals surface area (Å²) in [6.45, 7) is 29.6. The van der Waals surface area contributed by atoms with E-state index in [0.717, 1.165) is 24.8 Å². The van der Waals surface area contributed by atoms with Crippen LogP contribution in [-0.4, -0.2) is 0 Å². The Hall–Kier alpha value is -5.02. The molecular formula is C53H61N. The van der Waals surface area contributed by atoms with Crippen LogP contribution in [-0.2, 0) is 22.7 Å². The molecule has 3 aromatic rings. The summed E-state index contributed by atoms with van der Waals surface area (Å²) < 4.78 is 0. The summed E-state index contributed by atoms with van der Waals surface area (Å²) in [7, 11) is 0. The lowest BCUT2D eigenvalue weighted by Gasteiger charge is -2.48. The minimum absolute atomic E-state index is 0.000725. The van der Waals surface area contributed by atoms with Gasteiger partial charge in [-0.05, 0) is 117 Å². The molecule has 0 spiro atoms. The third-order valence-corrected chi connectivity index (χ3v) is 11.9. The summed E-state index contributed by atoms with van der Waals surface area (Å²) in [5, 5.41) is 0. The fourth-order valence-electron chi connectivity index (χ4n) is 8.92. The van der Waals surface area contributed by atoms with E-state index in [9.17, 15) is 0 Å². The van der Waals surface area contributed by atoms with Crippen LogP contribution in [0.4, 0.5) is 11.4 Å². The lowest BCUT2D eigenvalue weighted by molar-refractivity contribution is 0.532. The average Bonchev–Trinajstić information content (AvgIpc) is 3.46. The van der Waals surface area contributed by atoms with Gasteiger partial charge in [0.05, 0.1) is 11.4 Å². The van der Waals surface area contributed by atoms with Gasteiger partial charge in [0, 0.05) is 22.4 Å². The maximum atomic E-state index is 4.37. The van der Waals surface area contributed by atoms with Crippen LogP contribution < -0.4 is 4.90 Å². The standard InChI is InChI=1S/C49H53N.C2H6.C2H2/c1-11-13-23-39-44-33(4)38-30-36(31-43-45(38)50(44)46-40(48(39,7)8)24-19-25-41(46)49(43,9)10)35(12-2)22-18-21-34-26-27-37-32(3)20-16-14-15-17-28-47(5,6)42(37)29-34;2*1-2/h12-15,17-20,22-27,29-31,33H,3,11,21,28H2,1-2,4-10H3;1-2H3;1-2H/b17-15-,22-18-,23-13-,35-12+;;. The summed E-state index contributed by atoms with van der Waals surface area (Å²) in [6.07, 6.45) is 30.9. The Kier molecular flexibility index (Phi) is 11.7. The van der Waals surface area contributed by atoms with E-state index in [1.165, 1.54) is 72.7 Å². The first-order valence-electron chi connectivity index (χ1n) is 19.9. The maximum absolute atomic E-state index is 4.37. The van der Waals surface area contributed by atoms with E-state index in [4.69, 9.17) is 0 Å². The molecule has 1 unspecified atom stereocenters. The summed E-state index contributed by atoms with van der Waals surface area (Å²) in [5.74, 6) is 0.298. The van der Waals surface area contributed by atoms with Crippen LogP contribution in [0.25, 0.3) is 11.1 Å². The van der Waals surface area contributed by atoms with Gasteiger partial charge >= 0.3 is 0 Å². The molecule has 1 aliphatic carbocycles. The van der Waals surface area contributed by atoms with Crippen LogP contribution >= 0.6 is 0 Å². The molecule has 0 N–H and O–H groups in total. The largest absolute Gasteiger partial charge is 0.312 e. The summed E-state index contributed by atoms with van der Waals surface area (Å²) in [4.78, 5) is 2.66. The van der Waals surface area contributed by atoms with E-state index in [2.05, 4.69) is 183 Å². The smallest absolute Gasteiger partial charge is 0.0540 e. The highest BCUT2D eigenvalue weighted by atomic mass is 15.2. The summed E-state index contributed by atoms with van der Waals surface area (Å²) >= 11 is 0. The van der Waals surface area contributed by atoms with Gasteiger partial charge in [0.25, 0.3) is 0 Å². The number of fused-ring (bicyclic) bond motifs is 1. The topological polar surface area (TPSA) is 3.24 Å². The van der Waals surface area contributed by atoms with E-state index in [1.54, 1.807) is 0 Å². The molecule has 0 saturated carbocycles. The van der Waals surface area contributed by atoms with Crippen molar-refractivity contribution in [1.29, 1.82) is 0 Å². The van der Waals surface area contributed by atoms with Gasteiger partial charge in [-0.2, -0.15) is 0 Å². The number of rotatable bonds is 6. The third kappa shape index (κ3) is 6.68. The lowest BCUT2D eigenvalue weighted by atomic mass is 9.67. The zero-order valence-electron chi connectivity index (χ0n) is 34.8. The molecule has 3 aromatic carbocycles. The van der Waals surface area contributed by atoms with Crippen LogP contribution in [0.5, 0.6) is 0 Å². The van der Waals surface area contributed by atoms with E-state index in [0.29, 0.717) is 5.92 Å². The zero-order chi connectivity index (χ0) is 39.6. The molecule has 0 fully saturated rings.